The highest BCUT2D eigenvalue weighted by atomic mass is 19.4. The van der Waals surface area contributed by atoms with Crippen molar-refractivity contribution in [1.29, 1.82) is 0 Å². The van der Waals surface area contributed by atoms with E-state index in [4.69, 9.17) is 0 Å². The topological polar surface area (TPSA) is 52.6 Å². The van der Waals surface area contributed by atoms with E-state index >= 15 is 8.78 Å². The summed E-state index contributed by atoms with van der Waals surface area (Å²) in [5.74, 6) is -2.70. The summed E-state index contributed by atoms with van der Waals surface area (Å²) in [6.45, 7) is -0.185. The van der Waals surface area contributed by atoms with Crippen LogP contribution in [0.3, 0.4) is 0 Å². The smallest absolute Gasteiger partial charge is 0.401 e. The average molecular weight is 529 g/mol. The number of anilines is 1. The molecule has 4 nitrogen and oxygen atoms in total. The van der Waals surface area contributed by atoms with Crippen LogP contribution in [0.5, 0.6) is 0 Å². The van der Waals surface area contributed by atoms with Crippen molar-refractivity contribution in [3.05, 3.63) is 64.2 Å². The van der Waals surface area contributed by atoms with Crippen LogP contribution in [0.4, 0.5) is 32.0 Å². The van der Waals surface area contributed by atoms with Gasteiger partial charge in [-0.15, -0.1) is 0 Å². The molecule has 2 N–H and O–H groups in total. The number of alkyl halides is 4. The van der Waals surface area contributed by atoms with Gasteiger partial charge in [-0.2, -0.15) is 13.2 Å². The molecule has 0 aromatic heterocycles. The normalized spacial score (nSPS) is 23.9. The first kappa shape index (κ1) is 27.3. The highest BCUT2D eigenvalue weighted by Crippen LogP contribution is 2.43. The third-order valence-corrected chi connectivity index (χ3v) is 7.41. The zero-order valence-electron chi connectivity index (χ0n) is 20.4. The molecule has 0 spiro atoms. The van der Waals surface area contributed by atoms with Gasteiger partial charge in [0.1, 0.15) is 11.6 Å². The van der Waals surface area contributed by atoms with Gasteiger partial charge in [0.2, 0.25) is 0 Å². The summed E-state index contributed by atoms with van der Waals surface area (Å²) >= 11 is 0. The second-order valence-electron chi connectivity index (χ2n) is 10.2. The predicted molar refractivity (Wildman–Crippen MR) is 127 cm³/mol. The number of unbranched alkanes of at least 4 members (excludes halogenated alkanes) is 1. The molecule has 10 heteroatoms. The number of hydrogen-bond donors (Lipinski definition) is 2. The number of rotatable bonds is 9. The van der Waals surface area contributed by atoms with Gasteiger partial charge < -0.3 is 10.4 Å². The van der Waals surface area contributed by atoms with Crippen LogP contribution in [0.2, 0.25) is 0 Å². The van der Waals surface area contributed by atoms with Gasteiger partial charge in [-0.3, -0.25) is 9.29 Å². The minimum Gasteiger partial charge on any atom is -0.478 e. The van der Waals surface area contributed by atoms with Gasteiger partial charge in [-0.1, -0.05) is 18.9 Å². The number of nitrogens with one attached hydrogen (secondary N) is 1. The maximum absolute atomic E-state index is 15.5. The van der Waals surface area contributed by atoms with Crippen LogP contribution < -0.4 is 5.32 Å². The van der Waals surface area contributed by atoms with E-state index < -0.39 is 48.0 Å². The number of nitrogens with zero attached hydrogens (tertiary/aromatic N) is 1. The van der Waals surface area contributed by atoms with Crippen LogP contribution in [0.15, 0.2) is 30.3 Å². The highest BCUT2D eigenvalue weighted by molar-refractivity contribution is 5.88. The number of carboxylic acids is 1. The van der Waals surface area contributed by atoms with E-state index in [9.17, 15) is 27.5 Å². The minimum absolute atomic E-state index is 0.0200. The van der Waals surface area contributed by atoms with Crippen molar-refractivity contribution in [3.63, 3.8) is 0 Å². The number of aromatic carboxylic acids is 1. The molecule has 2 aliphatic rings. The first-order valence-electron chi connectivity index (χ1n) is 12.5. The van der Waals surface area contributed by atoms with Gasteiger partial charge in [0.25, 0.3) is 0 Å². The molecule has 1 saturated carbocycles. The summed E-state index contributed by atoms with van der Waals surface area (Å²) < 4.78 is 83.7. The number of hydrogen-bond acceptors (Lipinski definition) is 3. The molecule has 37 heavy (non-hydrogen) atoms. The van der Waals surface area contributed by atoms with Crippen LogP contribution in [-0.4, -0.2) is 47.5 Å². The second-order valence-corrected chi connectivity index (χ2v) is 10.2. The molecule has 1 fully saturated rings. The molecule has 2 aromatic rings. The van der Waals surface area contributed by atoms with Gasteiger partial charge in [0, 0.05) is 23.3 Å². The lowest BCUT2D eigenvalue weighted by Gasteiger charge is -2.42. The van der Waals surface area contributed by atoms with Crippen LogP contribution in [-0.2, 0) is 6.42 Å². The first-order chi connectivity index (χ1) is 17.5. The Labute approximate surface area is 211 Å². The second kappa shape index (κ2) is 10.9. The summed E-state index contributed by atoms with van der Waals surface area (Å²) in [6.07, 6.45) is -0.661. The number of carboxylic acid groups (broad SMARTS) is 1. The Morgan fingerprint density at radius 1 is 1.11 bits per heavy atom. The maximum Gasteiger partial charge on any atom is 0.401 e. The fourth-order valence-electron chi connectivity index (χ4n) is 5.61. The summed E-state index contributed by atoms with van der Waals surface area (Å²) in [5.41, 5.74) is 0.367. The molecule has 0 radical (unpaired) electrons. The van der Waals surface area contributed by atoms with Gasteiger partial charge >= 0.3 is 12.1 Å². The highest BCUT2D eigenvalue weighted by Gasteiger charge is 2.42. The summed E-state index contributed by atoms with van der Waals surface area (Å²) in [5, 5.41) is 12.4. The molecule has 2 aromatic carbocycles. The maximum atomic E-state index is 15.5. The molecule has 1 aliphatic carbocycles. The van der Waals surface area contributed by atoms with Crippen molar-refractivity contribution in [3.8, 4) is 0 Å². The minimum atomic E-state index is -4.61. The van der Waals surface area contributed by atoms with E-state index in [-0.39, 0.29) is 36.0 Å². The summed E-state index contributed by atoms with van der Waals surface area (Å²) in [7, 11) is 0. The fourth-order valence-corrected chi connectivity index (χ4v) is 5.61. The largest absolute Gasteiger partial charge is 0.478 e. The van der Waals surface area contributed by atoms with E-state index in [2.05, 4.69) is 5.32 Å². The fraction of sp³-hybridized carbons (Fsp3) is 0.519. The predicted octanol–water partition coefficient (Wildman–Crippen LogP) is 6.89. The van der Waals surface area contributed by atoms with Gasteiger partial charge in [-0.05, 0) is 73.9 Å². The molecule has 1 heterocycles. The van der Waals surface area contributed by atoms with E-state index in [0.29, 0.717) is 17.9 Å². The van der Waals surface area contributed by atoms with E-state index in [1.807, 2.05) is 0 Å². The number of fused-ring (bicyclic) bond motifs is 1. The lowest BCUT2D eigenvalue weighted by Crippen LogP contribution is -2.47. The quantitative estimate of drug-likeness (QED) is 0.275. The molecular formula is C27H30F6N2O2. The monoisotopic (exact) mass is 528 g/mol. The number of carbonyl (C=O) groups is 1. The van der Waals surface area contributed by atoms with E-state index in [0.717, 1.165) is 42.7 Å². The third-order valence-electron chi connectivity index (χ3n) is 7.41. The summed E-state index contributed by atoms with van der Waals surface area (Å²) in [6, 6.07) is 4.05. The molecule has 0 bridgehead atoms. The lowest BCUT2D eigenvalue weighted by atomic mass is 9.77. The third kappa shape index (κ3) is 6.22. The van der Waals surface area contributed by atoms with Crippen molar-refractivity contribution < 1.29 is 36.2 Å². The van der Waals surface area contributed by atoms with E-state index in [1.165, 1.54) is 25.1 Å². The Bertz CT molecular complexity index is 1110. The Hall–Kier alpha value is -2.75. The molecule has 1 aliphatic heterocycles. The molecule has 4 rings (SSSR count). The molecular weight excluding hydrogens is 498 g/mol. The van der Waals surface area contributed by atoms with E-state index in [1.54, 1.807) is 0 Å². The van der Waals surface area contributed by atoms with Crippen LogP contribution in [0, 0.1) is 17.6 Å². The average Bonchev–Trinajstić information content (AvgIpc) is 2.77. The van der Waals surface area contributed by atoms with Crippen molar-refractivity contribution in [2.75, 3.05) is 18.5 Å². The van der Waals surface area contributed by atoms with Gasteiger partial charge in [0.15, 0.2) is 0 Å². The van der Waals surface area contributed by atoms with Gasteiger partial charge in [-0.25, -0.2) is 13.6 Å². The lowest BCUT2D eigenvalue weighted by molar-refractivity contribution is -0.155. The molecule has 0 unspecified atom stereocenters. The van der Waals surface area contributed by atoms with Gasteiger partial charge in [0.05, 0.1) is 24.8 Å². The Balaban J connectivity index is 1.63. The van der Waals surface area contributed by atoms with Crippen LogP contribution in [0.1, 0.15) is 72.1 Å². The molecule has 202 valence electrons. The molecule has 0 amide bonds. The van der Waals surface area contributed by atoms with Crippen LogP contribution >= 0.6 is 0 Å². The van der Waals surface area contributed by atoms with Crippen molar-refractivity contribution in [2.24, 2.45) is 5.92 Å². The summed E-state index contributed by atoms with van der Waals surface area (Å²) in [4.78, 5) is 12.4. The zero-order chi connectivity index (χ0) is 26.9. The Kier molecular flexibility index (Phi) is 8.06. The first-order valence-corrected chi connectivity index (χ1v) is 12.5. The molecule has 2 atom stereocenters. The Morgan fingerprint density at radius 2 is 1.78 bits per heavy atom. The zero-order valence-corrected chi connectivity index (χ0v) is 20.4. The number of halogens is 6. The Morgan fingerprint density at radius 3 is 2.38 bits per heavy atom. The van der Waals surface area contributed by atoms with Crippen molar-refractivity contribution in [2.45, 2.75) is 69.8 Å². The SMILES string of the molecule is C[C@@H]1Cc2cc(C(=O)O)ccc2[C@@H](c2c(F)cc(NC3CC(CCCCF)C3)cc2F)N1CC(F)(F)F. The van der Waals surface area contributed by atoms with Crippen LogP contribution in [0.25, 0.3) is 0 Å². The number of benzene rings is 2. The molecule has 0 saturated heterocycles. The standard InChI is InChI=1S/C27H30F6N2O2/c1-15-8-18-11-17(26(36)37)5-6-21(18)25(35(15)14-27(31,32)33)24-22(29)12-20(13-23(24)30)34-19-9-16(10-19)4-2-3-7-28/h5-6,11-13,15-16,19,25,34H,2-4,7-10,14H2,1H3,(H,36,37)/t15-,16?,19?,25+/m1/s1. The van der Waals surface area contributed by atoms with Crippen molar-refractivity contribution >= 4 is 11.7 Å². The van der Waals surface area contributed by atoms with Crippen molar-refractivity contribution in [1.82, 2.24) is 4.90 Å².